The van der Waals surface area contributed by atoms with Crippen LogP contribution in [-0.2, 0) is 0 Å². The van der Waals surface area contributed by atoms with Crippen LogP contribution in [0.25, 0.3) is 0 Å². The van der Waals surface area contributed by atoms with Crippen molar-refractivity contribution in [3.8, 4) is 0 Å². The molecule has 0 N–H and O–H groups in total. The summed E-state index contributed by atoms with van der Waals surface area (Å²) >= 11 is -1.86. The van der Waals surface area contributed by atoms with Crippen molar-refractivity contribution in [2.75, 3.05) is 0 Å². The third kappa shape index (κ3) is 17.4. The standard InChI is InChI=1S/2C9H19.2C4H9.Sn/c2*1-4-5-6-7-8-9(2)3;2*1-3-4-2;/h2*9H,1,4-8H2,2-3H3;2*1,3-4H2,2H3;. The topological polar surface area (TPSA) is 0 Å². The molecule has 0 heterocycles. The first-order valence-electron chi connectivity index (χ1n) is 13.0. The van der Waals surface area contributed by atoms with Gasteiger partial charge in [-0.1, -0.05) is 0 Å². The Morgan fingerprint density at radius 3 is 1.11 bits per heavy atom. The molecule has 0 nitrogen and oxygen atoms in total. The summed E-state index contributed by atoms with van der Waals surface area (Å²) in [5.41, 5.74) is 0. The maximum atomic E-state index is 2.41. The zero-order valence-corrected chi connectivity index (χ0v) is 23.2. The Morgan fingerprint density at radius 1 is 0.444 bits per heavy atom. The number of rotatable bonds is 20. The fourth-order valence-electron chi connectivity index (χ4n) is 4.67. The van der Waals surface area contributed by atoms with Gasteiger partial charge in [0.15, 0.2) is 0 Å². The van der Waals surface area contributed by atoms with Crippen LogP contribution in [0.2, 0.25) is 17.7 Å². The summed E-state index contributed by atoms with van der Waals surface area (Å²) in [6, 6.07) is 0. The Labute approximate surface area is 178 Å². The van der Waals surface area contributed by atoms with E-state index in [1.807, 2.05) is 0 Å². The number of hydrogen-bond acceptors (Lipinski definition) is 0. The van der Waals surface area contributed by atoms with E-state index in [1.54, 1.807) is 43.4 Å². The van der Waals surface area contributed by atoms with E-state index in [4.69, 9.17) is 0 Å². The molecule has 0 aromatic carbocycles. The molecule has 27 heavy (non-hydrogen) atoms. The van der Waals surface area contributed by atoms with Gasteiger partial charge in [0.05, 0.1) is 0 Å². The van der Waals surface area contributed by atoms with Gasteiger partial charge in [-0.25, -0.2) is 0 Å². The van der Waals surface area contributed by atoms with E-state index < -0.39 is 18.4 Å². The van der Waals surface area contributed by atoms with E-state index in [9.17, 15) is 0 Å². The molecule has 0 unspecified atom stereocenters. The molecule has 1 heteroatoms. The average Bonchev–Trinajstić information content (AvgIpc) is 2.63. The van der Waals surface area contributed by atoms with Crippen LogP contribution in [0.3, 0.4) is 0 Å². The molecule has 0 saturated carbocycles. The van der Waals surface area contributed by atoms with Gasteiger partial charge in [-0.15, -0.1) is 0 Å². The second-order valence-corrected chi connectivity index (χ2v) is 24.7. The van der Waals surface area contributed by atoms with Crippen LogP contribution >= 0.6 is 0 Å². The Bertz CT molecular complexity index is 265. The summed E-state index contributed by atoms with van der Waals surface area (Å²) < 4.78 is 6.87. The van der Waals surface area contributed by atoms with Gasteiger partial charge in [0.1, 0.15) is 0 Å². The first kappa shape index (κ1) is 27.8. The molecule has 0 saturated heterocycles. The van der Waals surface area contributed by atoms with Crippen molar-refractivity contribution in [3.05, 3.63) is 0 Å². The summed E-state index contributed by atoms with van der Waals surface area (Å²) in [6.07, 6.45) is 21.0. The van der Waals surface area contributed by atoms with Crippen LogP contribution in [0.5, 0.6) is 0 Å². The summed E-state index contributed by atoms with van der Waals surface area (Å²) in [6.45, 7) is 14.3. The van der Waals surface area contributed by atoms with Gasteiger partial charge in [-0.05, 0) is 0 Å². The molecule has 0 aromatic heterocycles. The van der Waals surface area contributed by atoms with Crippen LogP contribution in [0, 0.1) is 11.8 Å². The van der Waals surface area contributed by atoms with E-state index in [-0.39, 0.29) is 0 Å². The zero-order valence-electron chi connectivity index (χ0n) is 20.4. The second kappa shape index (κ2) is 18.8. The van der Waals surface area contributed by atoms with Gasteiger partial charge in [-0.3, -0.25) is 0 Å². The molecule has 0 aliphatic heterocycles. The van der Waals surface area contributed by atoms with Crippen molar-refractivity contribution in [2.45, 2.75) is 149 Å². The molecule has 0 amide bonds. The first-order chi connectivity index (χ1) is 13.0. The molecule has 164 valence electrons. The molecular formula is C26H56Sn. The number of unbranched alkanes of at least 4 members (excludes halogenated alkanes) is 8. The Morgan fingerprint density at radius 2 is 0.778 bits per heavy atom. The van der Waals surface area contributed by atoms with Gasteiger partial charge in [-0.2, -0.15) is 0 Å². The van der Waals surface area contributed by atoms with Crippen molar-refractivity contribution in [2.24, 2.45) is 11.8 Å². The van der Waals surface area contributed by atoms with Crippen LogP contribution in [-0.4, -0.2) is 18.4 Å². The molecule has 0 radical (unpaired) electrons. The zero-order chi connectivity index (χ0) is 20.4. The predicted octanol–water partition coefficient (Wildman–Crippen LogP) is 10.2. The molecular weight excluding hydrogens is 431 g/mol. The molecule has 0 rings (SSSR count). The third-order valence-electron chi connectivity index (χ3n) is 6.60. The molecule has 0 aliphatic rings. The SMILES string of the molecule is CCC[CH2][Sn]([CH2]CCC)([CH2]CCCCCC(C)C)[CH2]CCCCCC(C)C. The maximum absolute atomic E-state index is 2.41. The number of hydrogen-bond donors (Lipinski definition) is 0. The van der Waals surface area contributed by atoms with Crippen molar-refractivity contribution < 1.29 is 0 Å². The van der Waals surface area contributed by atoms with Crippen molar-refractivity contribution in [1.29, 1.82) is 0 Å². The van der Waals surface area contributed by atoms with E-state index >= 15 is 0 Å². The van der Waals surface area contributed by atoms with Gasteiger partial charge < -0.3 is 0 Å². The van der Waals surface area contributed by atoms with Crippen molar-refractivity contribution in [3.63, 3.8) is 0 Å². The van der Waals surface area contributed by atoms with E-state index in [0.29, 0.717) is 0 Å². The second-order valence-electron chi connectivity index (χ2n) is 10.4. The van der Waals surface area contributed by atoms with Crippen molar-refractivity contribution >= 4 is 18.4 Å². The summed E-state index contributed by atoms with van der Waals surface area (Å²) in [7, 11) is 0. The van der Waals surface area contributed by atoms with Crippen LogP contribution in [0.15, 0.2) is 0 Å². The van der Waals surface area contributed by atoms with Crippen LogP contribution in [0.1, 0.15) is 131 Å². The first-order valence-corrected chi connectivity index (χ1v) is 21.0. The molecule has 0 atom stereocenters. The van der Waals surface area contributed by atoms with E-state index in [0.717, 1.165) is 11.8 Å². The van der Waals surface area contributed by atoms with Gasteiger partial charge in [0.25, 0.3) is 0 Å². The average molecular weight is 487 g/mol. The van der Waals surface area contributed by atoms with Crippen LogP contribution < -0.4 is 0 Å². The van der Waals surface area contributed by atoms with E-state index in [1.165, 1.54) is 64.2 Å². The van der Waals surface area contributed by atoms with Gasteiger partial charge in [0, 0.05) is 0 Å². The van der Waals surface area contributed by atoms with E-state index in [2.05, 4.69) is 41.5 Å². The fraction of sp³-hybridized carbons (Fsp3) is 1.00. The molecule has 0 aromatic rings. The van der Waals surface area contributed by atoms with Gasteiger partial charge in [0.2, 0.25) is 0 Å². The molecule has 0 aliphatic carbocycles. The quantitative estimate of drug-likeness (QED) is 0.118. The fourth-order valence-corrected chi connectivity index (χ4v) is 21.0. The summed E-state index contributed by atoms with van der Waals surface area (Å²) in [5.74, 6) is 1.79. The Balaban J connectivity index is 4.38. The van der Waals surface area contributed by atoms with Crippen LogP contribution in [0.4, 0.5) is 0 Å². The Kier molecular flexibility index (Phi) is 19.4. The summed E-state index contributed by atoms with van der Waals surface area (Å²) in [4.78, 5) is 0. The molecule has 0 fully saturated rings. The monoisotopic (exact) mass is 488 g/mol. The third-order valence-corrected chi connectivity index (χ3v) is 22.7. The minimum atomic E-state index is -1.86. The minimum absolute atomic E-state index is 0.896. The molecule has 0 bridgehead atoms. The normalized spacial score (nSPS) is 12.4. The predicted molar refractivity (Wildman–Crippen MR) is 131 cm³/mol. The Hall–Kier alpha value is 0.799. The van der Waals surface area contributed by atoms with Crippen molar-refractivity contribution in [1.82, 2.24) is 0 Å². The van der Waals surface area contributed by atoms with Gasteiger partial charge >= 0.3 is 179 Å². The summed E-state index contributed by atoms with van der Waals surface area (Å²) in [5, 5.41) is 0. The molecule has 0 spiro atoms.